The van der Waals surface area contributed by atoms with Gasteiger partial charge < -0.3 is 4.42 Å². The van der Waals surface area contributed by atoms with E-state index < -0.39 is 10.0 Å². The molecule has 1 amide bonds. The number of fused-ring (bicyclic) bond motifs is 1. The van der Waals surface area contributed by atoms with Gasteiger partial charge in [-0.2, -0.15) is 4.31 Å². The smallest absolute Gasteiger partial charge is 0.260 e. The molecule has 0 aliphatic carbocycles. The molecule has 2 aromatic carbocycles. The third-order valence-corrected chi connectivity index (χ3v) is 8.26. The summed E-state index contributed by atoms with van der Waals surface area (Å²) in [4.78, 5) is 19.5. The number of carbonyl (C=O) groups excluding carboxylic acids is 1. The molecule has 0 N–H and O–H groups in total. The number of hydrogen-bond acceptors (Lipinski definition) is 6. The Morgan fingerprint density at radius 2 is 1.82 bits per heavy atom. The summed E-state index contributed by atoms with van der Waals surface area (Å²) >= 11 is 1.19. The first-order chi connectivity index (χ1) is 15.8. The number of anilines is 1. The highest BCUT2D eigenvalue weighted by Gasteiger charge is 2.25. The van der Waals surface area contributed by atoms with Crippen LogP contribution < -0.4 is 4.90 Å². The average Bonchev–Trinajstić information content (AvgIpc) is 3.47. The van der Waals surface area contributed by atoms with E-state index >= 15 is 0 Å². The molecule has 4 aromatic rings. The van der Waals surface area contributed by atoms with E-state index in [-0.39, 0.29) is 23.2 Å². The highest BCUT2D eigenvalue weighted by atomic mass is 32.2. The molecule has 4 rings (SSSR count). The maximum Gasteiger partial charge on any atom is 0.260 e. The zero-order valence-electron chi connectivity index (χ0n) is 18.1. The fraction of sp³-hybridized carbons (Fsp3) is 0.217. The maximum absolute atomic E-state index is 13.6. The number of thiazole rings is 1. The van der Waals surface area contributed by atoms with E-state index in [4.69, 9.17) is 4.42 Å². The van der Waals surface area contributed by atoms with Gasteiger partial charge in [-0.3, -0.25) is 9.69 Å². The average molecular weight is 488 g/mol. The van der Waals surface area contributed by atoms with Gasteiger partial charge in [0.2, 0.25) is 10.0 Å². The van der Waals surface area contributed by atoms with Crippen LogP contribution in [0.4, 0.5) is 9.52 Å². The Morgan fingerprint density at radius 1 is 1.09 bits per heavy atom. The van der Waals surface area contributed by atoms with Crippen molar-refractivity contribution in [1.29, 1.82) is 0 Å². The minimum Gasteiger partial charge on any atom is -0.467 e. The lowest BCUT2D eigenvalue weighted by Crippen LogP contribution is -2.31. The van der Waals surface area contributed by atoms with Crippen LogP contribution in [0.3, 0.4) is 0 Å². The Labute approximate surface area is 195 Å². The quantitative estimate of drug-likeness (QED) is 0.353. The minimum absolute atomic E-state index is 0.119. The van der Waals surface area contributed by atoms with Crippen LogP contribution in [0.1, 0.15) is 30.0 Å². The molecule has 0 saturated carbocycles. The Hall–Kier alpha value is -3.08. The predicted molar refractivity (Wildman–Crippen MR) is 125 cm³/mol. The molecule has 0 atom stereocenters. The standard InChI is InChI=1S/C23H22FN3O4S2/c1-3-26(4-2)33(29,30)19-10-7-16(8-11-19)22(28)27(15-18-6-5-13-31-18)23-25-20-12-9-17(24)14-21(20)32-23/h5-14H,3-4,15H2,1-2H3. The van der Waals surface area contributed by atoms with E-state index in [0.29, 0.717) is 39.8 Å². The van der Waals surface area contributed by atoms with Crippen molar-refractivity contribution < 1.29 is 22.0 Å². The van der Waals surface area contributed by atoms with Gasteiger partial charge in [0.1, 0.15) is 11.6 Å². The van der Waals surface area contributed by atoms with E-state index in [9.17, 15) is 17.6 Å². The molecule has 172 valence electrons. The number of carbonyl (C=O) groups is 1. The van der Waals surface area contributed by atoms with E-state index in [1.807, 2.05) is 0 Å². The van der Waals surface area contributed by atoms with Gasteiger partial charge in [0.15, 0.2) is 5.13 Å². The molecule has 33 heavy (non-hydrogen) atoms. The summed E-state index contributed by atoms with van der Waals surface area (Å²) in [5.41, 5.74) is 0.875. The Kier molecular flexibility index (Phi) is 6.59. The van der Waals surface area contributed by atoms with Crippen LogP contribution in [0.5, 0.6) is 0 Å². The van der Waals surface area contributed by atoms with Gasteiger partial charge in [-0.1, -0.05) is 25.2 Å². The molecule has 0 aliphatic heterocycles. The number of hydrogen-bond donors (Lipinski definition) is 0. The van der Waals surface area contributed by atoms with E-state index in [2.05, 4.69) is 4.98 Å². The zero-order valence-corrected chi connectivity index (χ0v) is 19.7. The van der Waals surface area contributed by atoms with Crippen LogP contribution >= 0.6 is 11.3 Å². The number of sulfonamides is 1. The maximum atomic E-state index is 13.6. The lowest BCUT2D eigenvalue weighted by Gasteiger charge is -2.20. The number of amides is 1. The second-order valence-corrected chi connectivity index (χ2v) is 10.1. The van der Waals surface area contributed by atoms with E-state index in [1.54, 1.807) is 32.0 Å². The second kappa shape index (κ2) is 9.42. The first-order valence-corrected chi connectivity index (χ1v) is 12.6. The predicted octanol–water partition coefficient (Wildman–Crippen LogP) is 4.91. The lowest BCUT2D eigenvalue weighted by atomic mass is 10.2. The Morgan fingerprint density at radius 3 is 2.45 bits per heavy atom. The minimum atomic E-state index is -3.63. The normalized spacial score (nSPS) is 11.9. The summed E-state index contributed by atoms with van der Waals surface area (Å²) < 4.78 is 46.5. The molecule has 0 radical (unpaired) electrons. The zero-order chi connectivity index (χ0) is 23.6. The topological polar surface area (TPSA) is 83.7 Å². The van der Waals surface area contributed by atoms with Crippen LogP contribution in [-0.4, -0.2) is 36.7 Å². The molecule has 2 heterocycles. The molecule has 7 nitrogen and oxygen atoms in total. The summed E-state index contributed by atoms with van der Waals surface area (Å²) in [7, 11) is -3.63. The molecular weight excluding hydrogens is 465 g/mol. The van der Waals surface area contributed by atoms with E-state index in [1.165, 1.54) is 63.2 Å². The third-order valence-electron chi connectivity index (χ3n) is 5.15. The van der Waals surface area contributed by atoms with Crippen LogP contribution in [0.25, 0.3) is 10.2 Å². The largest absolute Gasteiger partial charge is 0.467 e. The molecule has 2 aromatic heterocycles. The number of nitrogens with zero attached hydrogens (tertiary/aromatic N) is 3. The van der Waals surface area contributed by atoms with Crippen molar-refractivity contribution in [2.45, 2.75) is 25.3 Å². The van der Waals surface area contributed by atoms with Gasteiger partial charge >= 0.3 is 0 Å². The first kappa shape index (κ1) is 23.1. The molecule has 0 fully saturated rings. The molecule has 10 heteroatoms. The van der Waals surface area contributed by atoms with Gasteiger partial charge in [-0.25, -0.2) is 17.8 Å². The summed E-state index contributed by atoms with van der Waals surface area (Å²) in [5.74, 6) is -0.209. The van der Waals surface area contributed by atoms with Crippen LogP contribution in [0.2, 0.25) is 0 Å². The highest BCUT2D eigenvalue weighted by molar-refractivity contribution is 7.89. The van der Waals surface area contributed by atoms with Crippen molar-refractivity contribution in [2.75, 3.05) is 18.0 Å². The van der Waals surface area contributed by atoms with Crippen molar-refractivity contribution in [3.63, 3.8) is 0 Å². The molecule has 0 bridgehead atoms. The van der Waals surface area contributed by atoms with Gasteiger partial charge in [0, 0.05) is 18.7 Å². The summed E-state index contributed by atoms with van der Waals surface area (Å²) in [6, 6.07) is 13.6. The molecule has 0 unspecified atom stereocenters. The Bertz CT molecular complexity index is 1360. The highest BCUT2D eigenvalue weighted by Crippen LogP contribution is 2.31. The van der Waals surface area contributed by atoms with Gasteiger partial charge in [-0.05, 0) is 54.6 Å². The van der Waals surface area contributed by atoms with Crippen molar-refractivity contribution in [2.24, 2.45) is 0 Å². The first-order valence-electron chi connectivity index (χ1n) is 10.3. The van der Waals surface area contributed by atoms with Crippen molar-refractivity contribution in [3.8, 4) is 0 Å². The van der Waals surface area contributed by atoms with Crippen molar-refractivity contribution in [1.82, 2.24) is 9.29 Å². The summed E-state index contributed by atoms with van der Waals surface area (Å²) in [5, 5.41) is 0.386. The second-order valence-electron chi connectivity index (χ2n) is 7.19. The number of aromatic nitrogens is 1. The molecule has 0 spiro atoms. The van der Waals surface area contributed by atoms with Gasteiger partial charge in [0.05, 0.1) is 27.9 Å². The van der Waals surface area contributed by atoms with Gasteiger partial charge in [0.25, 0.3) is 5.91 Å². The van der Waals surface area contributed by atoms with Crippen molar-refractivity contribution >= 4 is 42.6 Å². The number of halogens is 1. The number of benzene rings is 2. The third kappa shape index (κ3) is 4.68. The SMILES string of the molecule is CCN(CC)S(=O)(=O)c1ccc(C(=O)N(Cc2ccco2)c2nc3ccc(F)cc3s2)cc1. The molecule has 0 saturated heterocycles. The van der Waals surface area contributed by atoms with Crippen molar-refractivity contribution in [3.05, 3.63) is 78.0 Å². The van der Waals surface area contributed by atoms with Crippen LogP contribution in [0.15, 0.2) is 70.2 Å². The molecule has 0 aliphatic rings. The van der Waals surface area contributed by atoms with Crippen LogP contribution in [0, 0.1) is 5.82 Å². The fourth-order valence-corrected chi connectivity index (χ4v) is 5.87. The Balaban J connectivity index is 1.69. The number of furan rings is 1. The fourth-order valence-electron chi connectivity index (χ4n) is 3.42. The number of rotatable bonds is 8. The summed E-state index contributed by atoms with van der Waals surface area (Å²) in [6.45, 7) is 4.38. The summed E-state index contributed by atoms with van der Waals surface area (Å²) in [6.07, 6.45) is 1.51. The lowest BCUT2D eigenvalue weighted by molar-refractivity contribution is 0.0983. The monoisotopic (exact) mass is 487 g/mol. The van der Waals surface area contributed by atoms with Gasteiger partial charge in [-0.15, -0.1) is 0 Å². The van der Waals surface area contributed by atoms with Crippen LogP contribution in [-0.2, 0) is 16.6 Å². The molecular formula is C23H22FN3O4S2. The van der Waals surface area contributed by atoms with E-state index in [0.717, 1.165) is 0 Å².